The average molecular weight is 369 g/mol. The Balaban J connectivity index is 1.55. The van der Waals surface area contributed by atoms with Crippen molar-refractivity contribution >= 4 is 5.91 Å². The van der Waals surface area contributed by atoms with Crippen LogP contribution in [0.1, 0.15) is 30.7 Å². The number of carbonyl (C=O) groups excluding carboxylic acids is 1. The first-order valence-corrected chi connectivity index (χ1v) is 8.55. The van der Waals surface area contributed by atoms with E-state index in [1.807, 2.05) is 19.1 Å². The fourth-order valence-electron chi connectivity index (χ4n) is 2.69. The largest absolute Gasteiger partial charge is 0.497 e. The molecule has 0 aliphatic carbocycles. The molecule has 27 heavy (non-hydrogen) atoms. The van der Waals surface area contributed by atoms with Crippen molar-refractivity contribution in [3.8, 4) is 17.2 Å². The van der Waals surface area contributed by atoms with Crippen LogP contribution in [0, 0.1) is 5.82 Å². The van der Waals surface area contributed by atoms with Crippen molar-refractivity contribution in [2.45, 2.75) is 25.8 Å². The first-order valence-electron chi connectivity index (χ1n) is 8.55. The maximum Gasteiger partial charge on any atom is 0.257 e. The van der Waals surface area contributed by atoms with Crippen molar-refractivity contribution in [2.24, 2.45) is 0 Å². The Morgan fingerprint density at radius 1 is 1.22 bits per heavy atom. The third-order valence-electron chi connectivity index (χ3n) is 4.18. The monoisotopic (exact) mass is 369 g/mol. The lowest BCUT2D eigenvalue weighted by Gasteiger charge is -2.12. The molecule has 6 nitrogen and oxygen atoms in total. The van der Waals surface area contributed by atoms with Crippen LogP contribution in [0.2, 0.25) is 0 Å². The van der Waals surface area contributed by atoms with Gasteiger partial charge in [0.15, 0.2) is 5.82 Å². The van der Waals surface area contributed by atoms with Crippen molar-refractivity contribution in [3.05, 3.63) is 65.7 Å². The first kappa shape index (κ1) is 18.6. The summed E-state index contributed by atoms with van der Waals surface area (Å²) in [4.78, 5) is 16.4. The molecule has 7 heteroatoms. The van der Waals surface area contributed by atoms with Gasteiger partial charge in [0.2, 0.25) is 5.91 Å². The summed E-state index contributed by atoms with van der Waals surface area (Å²) in [7, 11) is 1.59. The second-order valence-electron chi connectivity index (χ2n) is 6.15. The quantitative estimate of drug-likeness (QED) is 0.687. The third kappa shape index (κ3) is 4.69. The lowest BCUT2D eigenvalue weighted by Crippen LogP contribution is -2.24. The smallest absolute Gasteiger partial charge is 0.257 e. The second kappa shape index (κ2) is 8.44. The normalized spacial score (nSPS) is 11.8. The molecule has 140 valence electrons. The van der Waals surface area contributed by atoms with Crippen LogP contribution < -0.4 is 10.1 Å². The van der Waals surface area contributed by atoms with E-state index in [0.717, 1.165) is 11.3 Å². The highest BCUT2D eigenvalue weighted by atomic mass is 19.1. The zero-order valence-electron chi connectivity index (χ0n) is 15.1. The Kier molecular flexibility index (Phi) is 5.80. The van der Waals surface area contributed by atoms with Gasteiger partial charge >= 0.3 is 0 Å². The molecule has 0 radical (unpaired) electrons. The lowest BCUT2D eigenvalue weighted by molar-refractivity contribution is -0.121. The van der Waals surface area contributed by atoms with Gasteiger partial charge in [0, 0.05) is 12.0 Å². The number of methoxy groups -OCH3 is 1. The molecule has 1 N–H and O–H groups in total. The van der Waals surface area contributed by atoms with E-state index in [-0.39, 0.29) is 30.6 Å². The molecule has 1 heterocycles. The van der Waals surface area contributed by atoms with E-state index in [1.54, 1.807) is 37.4 Å². The predicted molar refractivity (Wildman–Crippen MR) is 97.6 cm³/mol. The molecule has 0 aliphatic rings. The summed E-state index contributed by atoms with van der Waals surface area (Å²) in [6.07, 6.45) is 0.171. The summed E-state index contributed by atoms with van der Waals surface area (Å²) in [6, 6.07) is 13.7. The number of hydrogen-bond acceptors (Lipinski definition) is 5. The van der Waals surface area contributed by atoms with E-state index >= 15 is 0 Å². The Morgan fingerprint density at radius 2 is 1.96 bits per heavy atom. The summed E-state index contributed by atoms with van der Waals surface area (Å²) < 4.78 is 24.1. The number of aromatic nitrogens is 2. The van der Waals surface area contributed by atoms with Crippen molar-refractivity contribution in [1.29, 1.82) is 0 Å². The fourth-order valence-corrected chi connectivity index (χ4v) is 2.69. The second-order valence-corrected chi connectivity index (χ2v) is 6.15. The van der Waals surface area contributed by atoms with E-state index in [9.17, 15) is 9.18 Å². The van der Waals surface area contributed by atoms with E-state index in [4.69, 9.17) is 9.26 Å². The van der Waals surface area contributed by atoms with Gasteiger partial charge in [-0.25, -0.2) is 4.39 Å². The maximum atomic E-state index is 13.8. The van der Waals surface area contributed by atoms with Gasteiger partial charge in [-0.3, -0.25) is 4.79 Å². The average Bonchev–Trinajstić information content (AvgIpc) is 3.16. The molecule has 1 atom stereocenters. The van der Waals surface area contributed by atoms with Gasteiger partial charge in [0.25, 0.3) is 5.89 Å². The first-order chi connectivity index (χ1) is 13.1. The van der Waals surface area contributed by atoms with Gasteiger partial charge in [0.1, 0.15) is 11.6 Å². The molecule has 0 aliphatic heterocycles. The van der Waals surface area contributed by atoms with Crippen molar-refractivity contribution < 1.29 is 18.4 Å². The van der Waals surface area contributed by atoms with Gasteiger partial charge in [-0.2, -0.15) is 4.98 Å². The molecule has 1 amide bonds. The number of nitrogens with zero attached hydrogens (tertiary/aromatic N) is 2. The summed E-state index contributed by atoms with van der Waals surface area (Å²) >= 11 is 0. The number of carbonyl (C=O) groups is 1. The van der Waals surface area contributed by atoms with E-state index in [2.05, 4.69) is 15.5 Å². The predicted octanol–water partition coefficient (Wildman–Crippen LogP) is 3.69. The van der Waals surface area contributed by atoms with Crippen LogP contribution in [0.3, 0.4) is 0 Å². The van der Waals surface area contributed by atoms with Crippen LogP contribution >= 0.6 is 0 Å². The zero-order valence-corrected chi connectivity index (χ0v) is 15.1. The highest BCUT2D eigenvalue weighted by Gasteiger charge is 2.15. The molecule has 0 saturated heterocycles. The van der Waals surface area contributed by atoms with Gasteiger partial charge in [-0.15, -0.1) is 0 Å². The van der Waals surface area contributed by atoms with Crippen molar-refractivity contribution in [1.82, 2.24) is 15.5 Å². The number of benzene rings is 2. The number of hydrogen-bond donors (Lipinski definition) is 1. The van der Waals surface area contributed by atoms with Crippen LogP contribution in [0.4, 0.5) is 4.39 Å². The Hall–Kier alpha value is -3.22. The van der Waals surface area contributed by atoms with Crippen LogP contribution in [-0.2, 0) is 11.3 Å². The van der Waals surface area contributed by atoms with Gasteiger partial charge in [0.05, 0.1) is 13.7 Å². The molecule has 3 aromatic rings. The molecule has 1 unspecified atom stereocenters. The minimum Gasteiger partial charge on any atom is -0.497 e. The highest BCUT2D eigenvalue weighted by molar-refractivity contribution is 5.76. The highest BCUT2D eigenvalue weighted by Crippen LogP contribution is 2.22. The number of nitrogens with one attached hydrogen (secondary N) is 1. The number of halogens is 1. The summed E-state index contributed by atoms with van der Waals surface area (Å²) in [6.45, 7) is 1.95. The molecule has 1 aromatic heterocycles. The lowest BCUT2D eigenvalue weighted by atomic mass is 9.97. The van der Waals surface area contributed by atoms with E-state index in [1.165, 1.54) is 6.07 Å². The van der Waals surface area contributed by atoms with E-state index < -0.39 is 0 Å². The van der Waals surface area contributed by atoms with Crippen LogP contribution in [0.15, 0.2) is 53.1 Å². The topological polar surface area (TPSA) is 77.2 Å². The summed E-state index contributed by atoms with van der Waals surface area (Å²) in [5.41, 5.74) is 1.28. The van der Waals surface area contributed by atoms with Gasteiger partial charge in [-0.1, -0.05) is 30.3 Å². The molecule has 0 bridgehead atoms. The van der Waals surface area contributed by atoms with Gasteiger partial charge in [-0.05, 0) is 41.8 Å². The maximum absolute atomic E-state index is 13.8. The minimum absolute atomic E-state index is 0.141. The Labute approximate surface area is 156 Å². The summed E-state index contributed by atoms with van der Waals surface area (Å²) in [5.74, 6) is 0.719. The molecular weight excluding hydrogens is 349 g/mol. The Morgan fingerprint density at radius 3 is 2.67 bits per heavy atom. The molecule has 0 fully saturated rings. The SMILES string of the molecule is COc1ccc(-c2nc(CNC(=O)CC(C)c3ccccc3F)no2)cc1. The number of amides is 1. The van der Waals surface area contributed by atoms with Crippen LogP contribution in [0.25, 0.3) is 11.5 Å². The number of rotatable bonds is 7. The third-order valence-corrected chi connectivity index (χ3v) is 4.18. The summed E-state index contributed by atoms with van der Waals surface area (Å²) in [5, 5.41) is 6.60. The Bertz CT molecular complexity index is 909. The van der Waals surface area contributed by atoms with E-state index in [0.29, 0.717) is 17.3 Å². The van der Waals surface area contributed by atoms with Gasteiger partial charge < -0.3 is 14.6 Å². The van der Waals surface area contributed by atoms with Crippen LogP contribution in [-0.4, -0.2) is 23.2 Å². The van der Waals surface area contributed by atoms with Crippen LogP contribution in [0.5, 0.6) is 5.75 Å². The standard InChI is InChI=1S/C20H20FN3O3/c1-13(16-5-3-4-6-17(16)21)11-19(25)22-12-18-23-20(27-24-18)14-7-9-15(26-2)10-8-14/h3-10,13H,11-12H2,1-2H3,(H,22,25). The minimum atomic E-state index is -0.305. The molecule has 2 aromatic carbocycles. The fraction of sp³-hybridized carbons (Fsp3) is 0.250. The van der Waals surface area contributed by atoms with Crippen molar-refractivity contribution in [2.75, 3.05) is 7.11 Å². The number of ether oxygens (including phenoxy) is 1. The van der Waals surface area contributed by atoms with Crippen molar-refractivity contribution in [3.63, 3.8) is 0 Å². The molecule has 3 rings (SSSR count). The molecular formula is C20H20FN3O3. The molecule has 0 spiro atoms. The molecule has 0 saturated carbocycles. The zero-order chi connectivity index (χ0) is 19.2.